The number of methoxy groups -OCH3 is 1. The molecule has 2 bridgehead atoms. The molecular weight excluding hydrogens is 344 g/mol. The van der Waals surface area contributed by atoms with E-state index in [1.807, 2.05) is 13.8 Å². The molecule has 1 amide bonds. The van der Waals surface area contributed by atoms with Gasteiger partial charge < -0.3 is 14.4 Å². The van der Waals surface area contributed by atoms with Gasteiger partial charge in [-0.05, 0) is 37.1 Å². The number of sulfonamides is 1. The van der Waals surface area contributed by atoms with Gasteiger partial charge in [0.15, 0.2) is 0 Å². The van der Waals surface area contributed by atoms with Crippen molar-refractivity contribution in [1.82, 2.24) is 9.21 Å². The zero-order valence-corrected chi connectivity index (χ0v) is 15.8. The van der Waals surface area contributed by atoms with Gasteiger partial charge in [0.1, 0.15) is 5.75 Å². The van der Waals surface area contributed by atoms with Crippen LogP contribution in [-0.2, 0) is 19.6 Å². The number of benzene rings is 1. The average Bonchev–Trinajstić information content (AvgIpc) is 2.72. The zero-order chi connectivity index (χ0) is 18.4. The van der Waals surface area contributed by atoms with Crippen LogP contribution < -0.4 is 4.74 Å². The van der Waals surface area contributed by atoms with Gasteiger partial charge in [-0.15, -0.1) is 0 Å². The van der Waals surface area contributed by atoms with E-state index in [-0.39, 0.29) is 36.5 Å². The van der Waals surface area contributed by atoms with Crippen molar-refractivity contribution in [3.63, 3.8) is 0 Å². The number of rotatable bonds is 3. The molecule has 1 aromatic rings. The predicted octanol–water partition coefficient (Wildman–Crippen LogP) is 0.790. The summed E-state index contributed by atoms with van der Waals surface area (Å²) in [5.41, 5.74) is 1.54. The number of carbonyl (C=O) groups is 1. The van der Waals surface area contributed by atoms with Gasteiger partial charge in [-0.3, -0.25) is 4.79 Å². The molecule has 1 aromatic carbocycles. The Labute approximate surface area is 148 Å². The molecule has 25 heavy (non-hydrogen) atoms. The SMILES string of the molecule is COc1c(C)cc(S(=O)(=O)N2C[C@@H]3COC[C@H](C2)N(C)C3=O)cc1C. The Morgan fingerprint density at radius 3 is 2.40 bits per heavy atom. The highest BCUT2D eigenvalue weighted by Gasteiger charge is 2.41. The first kappa shape index (κ1) is 18.2. The third kappa shape index (κ3) is 3.14. The molecule has 0 aliphatic carbocycles. The molecule has 138 valence electrons. The van der Waals surface area contributed by atoms with Crippen molar-refractivity contribution >= 4 is 15.9 Å². The molecule has 7 nitrogen and oxygen atoms in total. The summed E-state index contributed by atoms with van der Waals surface area (Å²) in [4.78, 5) is 14.3. The van der Waals surface area contributed by atoms with E-state index in [0.29, 0.717) is 12.4 Å². The summed E-state index contributed by atoms with van der Waals surface area (Å²) in [7, 11) is -0.416. The fourth-order valence-corrected chi connectivity index (χ4v) is 5.28. The van der Waals surface area contributed by atoms with Crippen LogP contribution in [0.25, 0.3) is 0 Å². The number of amides is 1. The Kier molecular flexibility index (Phi) is 4.78. The van der Waals surface area contributed by atoms with Crippen molar-refractivity contribution < 1.29 is 22.7 Å². The molecule has 0 aromatic heterocycles. The van der Waals surface area contributed by atoms with Crippen LogP contribution in [0, 0.1) is 19.8 Å². The minimum Gasteiger partial charge on any atom is -0.496 e. The lowest BCUT2D eigenvalue weighted by atomic mass is 10.1. The molecule has 2 heterocycles. The third-order valence-corrected chi connectivity index (χ3v) is 6.80. The fraction of sp³-hybridized carbons (Fsp3) is 0.588. The smallest absolute Gasteiger partial charge is 0.243 e. The van der Waals surface area contributed by atoms with E-state index in [1.165, 1.54) is 4.31 Å². The summed E-state index contributed by atoms with van der Waals surface area (Å²) in [5.74, 6) is 0.171. The van der Waals surface area contributed by atoms with Gasteiger partial charge in [0.25, 0.3) is 0 Å². The van der Waals surface area contributed by atoms with Crippen LogP contribution in [0.2, 0.25) is 0 Å². The second-order valence-corrected chi connectivity index (χ2v) is 8.69. The number of nitrogens with zero attached hydrogens (tertiary/aromatic N) is 2. The van der Waals surface area contributed by atoms with Crippen molar-refractivity contribution in [3.8, 4) is 5.75 Å². The second kappa shape index (κ2) is 6.59. The molecule has 0 saturated carbocycles. The molecule has 2 saturated heterocycles. The first-order valence-electron chi connectivity index (χ1n) is 8.25. The van der Waals surface area contributed by atoms with Crippen molar-refractivity contribution in [1.29, 1.82) is 0 Å². The average molecular weight is 368 g/mol. The molecule has 3 rings (SSSR count). The largest absolute Gasteiger partial charge is 0.496 e. The summed E-state index contributed by atoms with van der Waals surface area (Å²) < 4.78 is 38.7. The number of hydrogen-bond acceptors (Lipinski definition) is 5. The number of hydrogen-bond donors (Lipinski definition) is 0. The van der Waals surface area contributed by atoms with E-state index in [2.05, 4.69) is 0 Å². The van der Waals surface area contributed by atoms with Crippen LogP contribution in [-0.4, -0.2) is 70.0 Å². The molecule has 8 heteroatoms. The van der Waals surface area contributed by atoms with E-state index in [0.717, 1.165) is 11.1 Å². The summed E-state index contributed by atoms with van der Waals surface area (Å²) in [6.45, 7) is 4.65. The van der Waals surface area contributed by atoms with E-state index >= 15 is 0 Å². The maximum Gasteiger partial charge on any atom is 0.243 e. The van der Waals surface area contributed by atoms with Crippen molar-refractivity contribution in [2.75, 3.05) is 40.5 Å². The standard InChI is InChI=1S/C17H24N2O5S/c1-11-5-15(6-12(2)16(11)23-4)25(21,22)19-7-13-9-24-10-14(8-19)18(3)17(13)20/h5-6,13-14H,7-10H2,1-4H3/t13-,14+/m1/s1. The number of likely N-dealkylation sites (N-methyl/N-ethyl adjacent to an activating group) is 1. The molecular formula is C17H24N2O5S. The fourth-order valence-electron chi connectivity index (χ4n) is 3.59. The molecule has 0 radical (unpaired) electrons. The van der Waals surface area contributed by atoms with Crippen LogP contribution >= 0.6 is 0 Å². The highest BCUT2D eigenvalue weighted by molar-refractivity contribution is 7.89. The Morgan fingerprint density at radius 1 is 1.16 bits per heavy atom. The number of fused-ring (bicyclic) bond motifs is 3. The Bertz CT molecular complexity index is 769. The first-order chi connectivity index (χ1) is 11.8. The lowest BCUT2D eigenvalue weighted by Crippen LogP contribution is -2.45. The highest BCUT2D eigenvalue weighted by atomic mass is 32.2. The predicted molar refractivity (Wildman–Crippen MR) is 92.1 cm³/mol. The second-order valence-electron chi connectivity index (χ2n) is 6.75. The summed E-state index contributed by atoms with van der Waals surface area (Å²) in [6.07, 6.45) is 0. The van der Waals surface area contributed by atoms with Gasteiger partial charge in [0.05, 0.1) is 37.2 Å². The summed E-state index contributed by atoms with van der Waals surface area (Å²) in [5, 5.41) is 0. The van der Waals surface area contributed by atoms with Crippen LogP contribution in [0.1, 0.15) is 11.1 Å². The van der Waals surface area contributed by atoms with E-state index < -0.39 is 15.9 Å². The molecule has 0 N–H and O–H groups in total. The van der Waals surface area contributed by atoms with Gasteiger partial charge in [0, 0.05) is 20.1 Å². The van der Waals surface area contributed by atoms with Crippen molar-refractivity contribution in [2.24, 2.45) is 5.92 Å². The summed E-state index contributed by atoms with van der Waals surface area (Å²) >= 11 is 0. The lowest BCUT2D eigenvalue weighted by molar-refractivity contribution is -0.133. The maximum absolute atomic E-state index is 13.2. The number of ether oxygens (including phenoxy) is 2. The normalized spacial score (nSPS) is 25.0. The molecule has 2 aliphatic heterocycles. The highest BCUT2D eigenvalue weighted by Crippen LogP contribution is 2.30. The van der Waals surface area contributed by atoms with E-state index in [9.17, 15) is 13.2 Å². The first-order valence-corrected chi connectivity index (χ1v) is 9.69. The molecule has 0 unspecified atom stereocenters. The van der Waals surface area contributed by atoms with Crippen LogP contribution in [0.3, 0.4) is 0 Å². The molecule has 2 aliphatic rings. The van der Waals surface area contributed by atoms with Gasteiger partial charge in [-0.1, -0.05) is 0 Å². The van der Waals surface area contributed by atoms with Crippen LogP contribution in [0.4, 0.5) is 0 Å². The summed E-state index contributed by atoms with van der Waals surface area (Å²) in [6, 6.07) is 2.99. The molecule has 2 fully saturated rings. The topological polar surface area (TPSA) is 76.2 Å². The van der Waals surface area contributed by atoms with Gasteiger partial charge in [0.2, 0.25) is 15.9 Å². The monoisotopic (exact) mass is 368 g/mol. The van der Waals surface area contributed by atoms with Gasteiger partial charge in [-0.25, -0.2) is 8.42 Å². The van der Waals surface area contributed by atoms with Crippen molar-refractivity contribution in [2.45, 2.75) is 24.8 Å². The quantitative estimate of drug-likeness (QED) is 0.788. The van der Waals surface area contributed by atoms with E-state index in [1.54, 1.807) is 31.2 Å². The third-order valence-electron chi connectivity index (χ3n) is 4.99. The van der Waals surface area contributed by atoms with E-state index in [4.69, 9.17) is 9.47 Å². The Hall–Kier alpha value is -1.64. The van der Waals surface area contributed by atoms with Gasteiger partial charge >= 0.3 is 0 Å². The number of carbonyl (C=O) groups excluding carboxylic acids is 1. The Morgan fingerprint density at radius 2 is 1.80 bits per heavy atom. The number of aryl methyl sites for hydroxylation is 2. The zero-order valence-electron chi connectivity index (χ0n) is 15.0. The molecule has 2 atom stereocenters. The minimum atomic E-state index is -3.70. The lowest BCUT2D eigenvalue weighted by Gasteiger charge is -2.29. The maximum atomic E-state index is 13.2. The van der Waals surface area contributed by atoms with Gasteiger partial charge in [-0.2, -0.15) is 4.31 Å². The molecule has 0 spiro atoms. The van der Waals surface area contributed by atoms with Crippen molar-refractivity contribution in [3.05, 3.63) is 23.3 Å². The van der Waals surface area contributed by atoms with Crippen LogP contribution in [0.15, 0.2) is 17.0 Å². The Balaban J connectivity index is 1.99. The minimum absolute atomic E-state index is 0.0534. The van der Waals surface area contributed by atoms with Crippen LogP contribution in [0.5, 0.6) is 5.75 Å².